The standard InChI is InChI=1S/C23H22N2O3/c1-16-20(17(2)25(3)24-16)14-15-21(26)28-23(19-12-8-5-9-13-19)22(27)18-10-6-4-7-11-18/h4-15,23H,1-3H3/b15-14+/t23-/m1/s1. The van der Waals surface area contributed by atoms with Crippen molar-refractivity contribution < 1.29 is 14.3 Å². The third kappa shape index (κ3) is 4.26. The molecule has 0 N–H and O–H groups in total. The molecule has 0 unspecified atom stereocenters. The number of ether oxygens (including phenoxy) is 1. The summed E-state index contributed by atoms with van der Waals surface area (Å²) >= 11 is 0. The molecular weight excluding hydrogens is 352 g/mol. The zero-order valence-corrected chi connectivity index (χ0v) is 16.1. The van der Waals surface area contributed by atoms with Crippen LogP contribution >= 0.6 is 0 Å². The second kappa shape index (κ2) is 8.48. The summed E-state index contributed by atoms with van der Waals surface area (Å²) in [6.07, 6.45) is 2.01. The first-order valence-electron chi connectivity index (χ1n) is 9.00. The van der Waals surface area contributed by atoms with Gasteiger partial charge in [-0.15, -0.1) is 0 Å². The molecule has 0 fully saturated rings. The van der Waals surface area contributed by atoms with Gasteiger partial charge in [-0.25, -0.2) is 4.79 Å². The van der Waals surface area contributed by atoms with Gasteiger partial charge in [0, 0.05) is 35.5 Å². The number of nitrogens with zero attached hydrogens (tertiary/aromatic N) is 2. The van der Waals surface area contributed by atoms with Crippen molar-refractivity contribution >= 4 is 17.8 Å². The number of benzene rings is 2. The lowest BCUT2D eigenvalue weighted by molar-refractivity contribution is -0.141. The van der Waals surface area contributed by atoms with Crippen molar-refractivity contribution in [3.8, 4) is 0 Å². The minimum atomic E-state index is -1.00. The molecule has 3 rings (SSSR count). The number of aromatic nitrogens is 2. The summed E-state index contributed by atoms with van der Waals surface area (Å²) in [7, 11) is 1.85. The Morgan fingerprint density at radius 1 is 1.00 bits per heavy atom. The first-order chi connectivity index (χ1) is 13.5. The normalized spacial score (nSPS) is 12.1. The maximum Gasteiger partial charge on any atom is 0.331 e. The maximum atomic E-state index is 13.0. The average Bonchev–Trinajstić information content (AvgIpc) is 2.96. The van der Waals surface area contributed by atoms with Crippen molar-refractivity contribution in [2.24, 2.45) is 7.05 Å². The minimum absolute atomic E-state index is 0.262. The molecule has 0 aliphatic heterocycles. The lowest BCUT2D eigenvalue weighted by Crippen LogP contribution is -2.19. The fraction of sp³-hybridized carbons (Fsp3) is 0.174. The summed E-state index contributed by atoms with van der Waals surface area (Å²) < 4.78 is 7.31. The number of aryl methyl sites for hydroxylation is 2. The summed E-state index contributed by atoms with van der Waals surface area (Å²) in [4.78, 5) is 25.4. The molecule has 0 aliphatic carbocycles. The fourth-order valence-electron chi connectivity index (χ4n) is 2.99. The largest absolute Gasteiger partial charge is 0.446 e. The van der Waals surface area contributed by atoms with E-state index in [0.717, 1.165) is 17.0 Å². The molecule has 2 aromatic carbocycles. The topological polar surface area (TPSA) is 61.2 Å². The number of esters is 1. The van der Waals surface area contributed by atoms with E-state index in [1.165, 1.54) is 6.08 Å². The van der Waals surface area contributed by atoms with Gasteiger partial charge in [0.05, 0.1) is 5.69 Å². The van der Waals surface area contributed by atoms with Gasteiger partial charge in [0.1, 0.15) is 0 Å². The highest BCUT2D eigenvalue weighted by molar-refractivity contribution is 6.01. The molecule has 0 amide bonds. The Hall–Kier alpha value is -3.47. The van der Waals surface area contributed by atoms with Crippen LogP contribution in [0.4, 0.5) is 0 Å². The molecule has 142 valence electrons. The number of carbonyl (C=O) groups is 2. The predicted molar refractivity (Wildman–Crippen MR) is 108 cm³/mol. The van der Waals surface area contributed by atoms with Gasteiger partial charge in [-0.3, -0.25) is 9.48 Å². The monoisotopic (exact) mass is 374 g/mol. The van der Waals surface area contributed by atoms with Gasteiger partial charge in [0.25, 0.3) is 0 Å². The molecule has 1 heterocycles. The van der Waals surface area contributed by atoms with Crippen molar-refractivity contribution in [1.82, 2.24) is 9.78 Å². The van der Waals surface area contributed by atoms with Crippen molar-refractivity contribution in [2.45, 2.75) is 20.0 Å². The van der Waals surface area contributed by atoms with E-state index in [-0.39, 0.29) is 5.78 Å². The Kier molecular flexibility index (Phi) is 5.84. The van der Waals surface area contributed by atoms with E-state index in [1.807, 2.05) is 45.2 Å². The molecule has 1 atom stereocenters. The zero-order valence-electron chi connectivity index (χ0n) is 16.1. The average molecular weight is 374 g/mol. The van der Waals surface area contributed by atoms with Crippen LogP contribution in [0.25, 0.3) is 6.08 Å². The van der Waals surface area contributed by atoms with Crippen molar-refractivity contribution in [1.29, 1.82) is 0 Å². The van der Waals surface area contributed by atoms with E-state index in [2.05, 4.69) is 5.10 Å². The zero-order chi connectivity index (χ0) is 20.1. The van der Waals surface area contributed by atoms with E-state index >= 15 is 0 Å². The third-order valence-electron chi connectivity index (χ3n) is 4.58. The summed E-state index contributed by atoms with van der Waals surface area (Å²) in [6, 6.07) is 17.9. The maximum absolute atomic E-state index is 13.0. The van der Waals surface area contributed by atoms with E-state index < -0.39 is 12.1 Å². The summed E-state index contributed by atoms with van der Waals surface area (Å²) in [5.41, 5.74) is 3.76. The van der Waals surface area contributed by atoms with Crippen molar-refractivity contribution in [2.75, 3.05) is 0 Å². The quantitative estimate of drug-likeness (QED) is 0.368. The number of ketones is 1. The summed E-state index contributed by atoms with van der Waals surface area (Å²) in [5.74, 6) is -0.844. The van der Waals surface area contributed by atoms with Crippen LogP contribution in [0.5, 0.6) is 0 Å². The van der Waals surface area contributed by atoms with Crippen LogP contribution in [0.2, 0.25) is 0 Å². The molecule has 5 heteroatoms. The van der Waals surface area contributed by atoms with Gasteiger partial charge in [-0.05, 0) is 19.9 Å². The second-order valence-electron chi connectivity index (χ2n) is 6.50. The highest BCUT2D eigenvalue weighted by Crippen LogP contribution is 2.23. The first-order valence-corrected chi connectivity index (χ1v) is 9.00. The van der Waals surface area contributed by atoms with Crippen LogP contribution < -0.4 is 0 Å². The van der Waals surface area contributed by atoms with Gasteiger partial charge in [0.2, 0.25) is 5.78 Å². The number of hydrogen-bond donors (Lipinski definition) is 0. The molecule has 1 aromatic heterocycles. The Balaban J connectivity index is 1.84. The Morgan fingerprint density at radius 3 is 2.18 bits per heavy atom. The third-order valence-corrected chi connectivity index (χ3v) is 4.58. The lowest BCUT2D eigenvalue weighted by Gasteiger charge is -2.16. The van der Waals surface area contributed by atoms with Crippen LogP contribution in [0.1, 0.15) is 39.0 Å². The second-order valence-corrected chi connectivity index (χ2v) is 6.50. The molecule has 0 saturated heterocycles. The van der Waals surface area contributed by atoms with Crippen LogP contribution in [0.15, 0.2) is 66.7 Å². The van der Waals surface area contributed by atoms with Crippen molar-refractivity contribution in [3.63, 3.8) is 0 Å². The Labute approximate surface area is 164 Å². The SMILES string of the molecule is Cc1nn(C)c(C)c1/C=C/C(=O)O[C@@H](C(=O)c1ccccc1)c1ccccc1. The number of hydrogen-bond acceptors (Lipinski definition) is 4. The molecule has 0 aliphatic rings. The number of rotatable bonds is 6. The Morgan fingerprint density at radius 2 is 1.61 bits per heavy atom. The van der Waals surface area contributed by atoms with Gasteiger partial charge >= 0.3 is 5.97 Å². The van der Waals surface area contributed by atoms with E-state index in [0.29, 0.717) is 11.1 Å². The van der Waals surface area contributed by atoms with E-state index in [9.17, 15) is 9.59 Å². The molecule has 3 aromatic rings. The predicted octanol–water partition coefficient (Wildman–Crippen LogP) is 4.22. The van der Waals surface area contributed by atoms with Gasteiger partial charge < -0.3 is 4.74 Å². The molecule has 0 saturated carbocycles. The number of Topliss-reactive ketones (excluding diaryl/α,β-unsaturated/α-hetero) is 1. The van der Waals surface area contributed by atoms with Crippen LogP contribution in [0, 0.1) is 13.8 Å². The van der Waals surface area contributed by atoms with Gasteiger partial charge in [-0.1, -0.05) is 60.7 Å². The summed E-state index contributed by atoms with van der Waals surface area (Å²) in [6.45, 7) is 3.81. The molecular formula is C23H22N2O3. The molecule has 0 bridgehead atoms. The van der Waals surface area contributed by atoms with Gasteiger partial charge in [0.15, 0.2) is 6.10 Å². The smallest absolute Gasteiger partial charge is 0.331 e. The van der Waals surface area contributed by atoms with Gasteiger partial charge in [-0.2, -0.15) is 5.10 Å². The summed E-state index contributed by atoms with van der Waals surface area (Å²) in [5, 5.41) is 4.32. The fourth-order valence-corrected chi connectivity index (χ4v) is 2.99. The van der Waals surface area contributed by atoms with Crippen LogP contribution in [-0.2, 0) is 16.6 Å². The first kappa shape index (κ1) is 19.3. The van der Waals surface area contributed by atoms with Crippen LogP contribution in [-0.4, -0.2) is 21.5 Å². The highest BCUT2D eigenvalue weighted by Gasteiger charge is 2.25. The number of carbonyl (C=O) groups excluding carboxylic acids is 2. The minimum Gasteiger partial charge on any atom is -0.446 e. The lowest BCUT2D eigenvalue weighted by atomic mass is 10.00. The van der Waals surface area contributed by atoms with E-state index in [4.69, 9.17) is 4.74 Å². The Bertz CT molecular complexity index is 1010. The van der Waals surface area contributed by atoms with E-state index in [1.54, 1.807) is 47.2 Å². The highest BCUT2D eigenvalue weighted by atomic mass is 16.5. The van der Waals surface area contributed by atoms with Crippen LogP contribution in [0.3, 0.4) is 0 Å². The molecule has 5 nitrogen and oxygen atoms in total. The molecule has 28 heavy (non-hydrogen) atoms. The molecule has 0 spiro atoms. The molecule has 0 radical (unpaired) electrons. The van der Waals surface area contributed by atoms with Crippen molar-refractivity contribution in [3.05, 3.63) is 94.8 Å².